The number of hydrogen-bond acceptors (Lipinski definition) is 0. The Hall–Kier alpha value is 0.211. The molecule has 1 aliphatic heterocycles. The van der Waals surface area contributed by atoms with Gasteiger partial charge in [-0.1, -0.05) is 24.9 Å². The van der Waals surface area contributed by atoms with Crippen LogP contribution in [0.15, 0.2) is 24.3 Å². The third kappa shape index (κ3) is 3.03. The molecule has 0 nitrogen and oxygen atoms in total. The molecule has 0 aliphatic carbocycles. The van der Waals surface area contributed by atoms with Crippen LogP contribution in [-0.4, -0.2) is 8.07 Å². The van der Waals surface area contributed by atoms with Gasteiger partial charge < -0.3 is 29.5 Å². The largest absolute Gasteiger partial charge is 0.999 e. The summed E-state index contributed by atoms with van der Waals surface area (Å²) < 4.78 is 0. The summed E-state index contributed by atoms with van der Waals surface area (Å²) >= 11 is -0.556. The monoisotopic (exact) mass is 326 g/mol. The van der Waals surface area contributed by atoms with E-state index in [1.807, 2.05) is 0 Å². The molecule has 0 bridgehead atoms. The van der Waals surface area contributed by atoms with Crippen LogP contribution in [0, 0.1) is 24.3 Å². The van der Waals surface area contributed by atoms with E-state index in [1.54, 1.807) is 5.19 Å². The van der Waals surface area contributed by atoms with E-state index in [-0.39, 0.29) is 0 Å². The van der Waals surface area contributed by atoms with Gasteiger partial charge in [-0.05, 0) is 0 Å². The van der Waals surface area contributed by atoms with Gasteiger partial charge in [0.25, 0.3) is 0 Å². The van der Waals surface area contributed by atoms with Crippen molar-refractivity contribution in [2.75, 3.05) is 0 Å². The Kier molecular flexibility index (Phi) is 5.78. The van der Waals surface area contributed by atoms with Crippen LogP contribution in [0.25, 0.3) is 0 Å². The Morgan fingerprint density at radius 1 is 1.00 bits per heavy atom. The summed E-state index contributed by atoms with van der Waals surface area (Å²) in [5, 5.41) is 2.85. The molecule has 0 spiro atoms. The number of halogens is 2. The number of hydrogen-bond donors (Lipinski definition) is 0. The molecule has 3 rings (SSSR count). The first-order valence-electron chi connectivity index (χ1n) is 5.91. The summed E-state index contributed by atoms with van der Waals surface area (Å²) in [5.74, 6) is 0. The van der Waals surface area contributed by atoms with Gasteiger partial charge >= 0.3 is 35.6 Å². The van der Waals surface area contributed by atoms with E-state index < -0.39 is 25.1 Å². The maximum absolute atomic E-state index is 4.89. The molecular formula is C14H12Cl2SiTi-6. The molecule has 18 heavy (non-hydrogen) atoms. The fourth-order valence-corrected chi connectivity index (χ4v) is 7.57. The number of rotatable bonds is 2. The zero-order chi connectivity index (χ0) is 12.8. The molecule has 1 aliphatic rings. The molecule has 0 amide bonds. The van der Waals surface area contributed by atoms with Crippen LogP contribution in [-0.2, 0) is 17.0 Å². The predicted molar refractivity (Wildman–Crippen MR) is 75.0 cm³/mol. The van der Waals surface area contributed by atoms with Crippen LogP contribution in [0.1, 0.15) is 12.8 Å². The van der Waals surface area contributed by atoms with Crippen molar-refractivity contribution in [2.45, 2.75) is 24.9 Å². The van der Waals surface area contributed by atoms with E-state index in [9.17, 15) is 0 Å². The van der Waals surface area contributed by atoms with Crippen LogP contribution >= 0.6 is 18.6 Å². The summed E-state index contributed by atoms with van der Waals surface area (Å²) in [6.45, 7) is 0. The maximum atomic E-state index is 4.89. The predicted octanol–water partition coefficient (Wildman–Crippen LogP) is 3.06. The molecule has 1 fully saturated rings. The summed E-state index contributed by atoms with van der Waals surface area (Å²) in [6.07, 6.45) is 2.73. The quantitative estimate of drug-likeness (QED) is 0.588. The van der Waals surface area contributed by atoms with Crippen molar-refractivity contribution in [3.05, 3.63) is 48.5 Å². The SMILES string of the molecule is [Cl][Ti][Cl].[c-]1[c-][c-][c-]([Si]2([c-]3cccc3)CCCC2)[c-]1. The Balaban J connectivity index is 0.000000367. The van der Waals surface area contributed by atoms with Crippen LogP contribution in [0.2, 0.25) is 12.1 Å². The molecule has 1 heterocycles. The van der Waals surface area contributed by atoms with Crippen molar-refractivity contribution >= 4 is 37.1 Å². The molecule has 0 aromatic heterocycles. The average Bonchev–Trinajstić information content (AvgIpc) is 3.14. The standard InChI is InChI=1S/C14H12Si.2ClH.Ti/c1-2-8-13(7-1)15(11-5-6-12-15)14-9-3-4-10-14;;;/h1-2,7-8H,5-6,11-12H2;2*1H;/q-6;;;+2/p-2. The molecule has 0 unspecified atom stereocenters. The normalized spacial score (nSPS) is 17.0. The molecular weight excluding hydrogens is 315 g/mol. The van der Waals surface area contributed by atoms with E-state index in [4.69, 9.17) is 18.6 Å². The van der Waals surface area contributed by atoms with Gasteiger partial charge in [-0.15, -0.1) is 0 Å². The minimum atomic E-state index is -1.45. The Morgan fingerprint density at radius 3 is 2.00 bits per heavy atom. The minimum absolute atomic E-state index is 0.556. The van der Waals surface area contributed by atoms with Gasteiger partial charge in [-0.2, -0.15) is 25.4 Å². The fraction of sp³-hybridized carbons (Fsp3) is 0.286. The third-order valence-electron chi connectivity index (χ3n) is 3.59. The van der Waals surface area contributed by atoms with Crippen LogP contribution in [0.3, 0.4) is 0 Å². The van der Waals surface area contributed by atoms with Crippen molar-refractivity contribution in [3.8, 4) is 0 Å². The second kappa shape index (κ2) is 7.12. The van der Waals surface area contributed by atoms with E-state index in [1.165, 1.54) is 30.1 Å². The molecule has 2 aromatic rings. The molecule has 0 atom stereocenters. The first-order chi connectivity index (χ1) is 8.83. The van der Waals surface area contributed by atoms with Crippen LogP contribution in [0.5, 0.6) is 0 Å². The van der Waals surface area contributed by atoms with Gasteiger partial charge in [0.15, 0.2) is 0 Å². The zero-order valence-electron chi connectivity index (χ0n) is 9.89. The van der Waals surface area contributed by atoms with E-state index in [0.29, 0.717) is 0 Å². The van der Waals surface area contributed by atoms with Crippen LogP contribution < -0.4 is 10.4 Å². The van der Waals surface area contributed by atoms with Gasteiger partial charge in [-0.25, -0.2) is 12.1 Å². The molecule has 0 N–H and O–H groups in total. The fourth-order valence-electron chi connectivity index (χ4n) is 2.81. The first kappa shape index (κ1) is 14.6. The zero-order valence-corrected chi connectivity index (χ0v) is 14.0. The molecule has 2 aromatic carbocycles. The molecule has 4 heteroatoms. The van der Waals surface area contributed by atoms with Crippen molar-refractivity contribution in [1.29, 1.82) is 0 Å². The second-order valence-corrected chi connectivity index (χ2v) is 11.2. The molecule has 0 radical (unpaired) electrons. The molecule has 0 saturated carbocycles. The Labute approximate surface area is 127 Å². The van der Waals surface area contributed by atoms with Gasteiger partial charge in [-0.3, -0.25) is 0 Å². The summed E-state index contributed by atoms with van der Waals surface area (Å²) in [6, 6.07) is 23.9. The van der Waals surface area contributed by atoms with Crippen molar-refractivity contribution in [1.82, 2.24) is 0 Å². The summed E-state index contributed by atoms with van der Waals surface area (Å²) in [4.78, 5) is 0. The summed E-state index contributed by atoms with van der Waals surface area (Å²) in [7, 11) is 8.32. The van der Waals surface area contributed by atoms with Gasteiger partial charge in [0.05, 0.1) is 0 Å². The van der Waals surface area contributed by atoms with Crippen molar-refractivity contribution in [2.24, 2.45) is 0 Å². The van der Waals surface area contributed by atoms with Crippen molar-refractivity contribution in [3.63, 3.8) is 0 Å². The molecule has 1 saturated heterocycles. The van der Waals surface area contributed by atoms with E-state index in [2.05, 4.69) is 48.5 Å². The first-order valence-corrected chi connectivity index (χ1v) is 12.6. The smallest absolute Gasteiger partial charge is 0.0590 e. The van der Waals surface area contributed by atoms with Crippen molar-refractivity contribution < 1.29 is 17.0 Å². The minimum Gasteiger partial charge on any atom is -0.999 e. The van der Waals surface area contributed by atoms with Gasteiger partial charge in [0.1, 0.15) is 0 Å². The van der Waals surface area contributed by atoms with E-state index >= 15 is 0 Å². The van der Waals surface area contributed by atoms with Gasteiger partial charge in [0.2, 0.25) is 0 Å². The average molecular weight is 327 g/mol. The maximum Gasteiger partial charge on any atom is -0.0590 e. The third-order valence-corrected chi connectivity index (χ3v) is 8.65. The summed E-state index contributed by atoms with van der Waals surface area (Å²) in [5.41, 5.74) is 0. The second-order valence-electron chi connectivity index (χ2n) is 4.41. The Morgan fingerprint density at radius 2 is 1.50 bits per heavy atom. The molecule has 96 valence electrons. The van der Waals surface area contributed by atoms with E-state index in [0.717, 1.165) is 0 Å². The Bertz CT molecular complexity index is 394. The van der Waals surface area contributed by atoms with Crippen LogP contribution in [0.4, 0.5) is 0 Å². The van der Waals surface area contributed by atoms with Gasteiger partial charge in [0, 0.05) is 0 Å². The topological polar surface area (TPSA) is 0 Å².